The van der Waals surface area contributed by atoms with E-state index in [1.54, 1.807) is 0 Å². The molecule has 0 spiro atoms. The monoisotopic (exact) mass is 295 g/mol. The highest BCUT2D eigenvalue weighted by Gasteiger charge is 2.31. The molecular formula is C14H18ClN3S. The number of hydrogen-bond acceptors (Lipinski definition) is 3. The van der Waals surface area contributed by atoms with Gasteiger partial charge in [-0.2, -0.15) is 11.8 Å². The van der Waals surface area contributed by atoms with Crippen LogP contribution in [0.15, 0.2) is 18.2 Å². The summed E-state index contributed by atoms with van der Waals surface area (Å²) in [4.78, 5) is 4.46. The average molecular weight is 296 g/mol. The third-order valence-corrected chi connectivity index (χ3v) is 5.43. The molecule has 5 heteroatoms. The maximum Gasteiger partial charge on any atom is 0.201 e. The van der Waals surface area contributed by atoms with Crippen LogP contribution in [0.2, 0.25) is 5.02 Å². The predicted molar refractivity (Wildman–Crippen MR) is 84.0 cm³/mol. The number of anilines is 1. The summed E-state index contributed by atoms with van der Waals surface area (Å²) in [6.45, 7) is 2.21. The molecular weight excluding hydrogens is 278 g/mol. The lowest BCUT2D eigenvalue weighted by molar-refractivity contribution is 0.549. The van der Waals surface area contributed by atoms with E-state index >= 15 is 0 Å². The number of para-hydroxylation sites is 1. The quantitative estimate of drug-likeness (QED) is 0.926. The van der Waals surface area contributed by atoms with E-state index in [0.29, 0.717) is 17.2 Å². The van der Waals surface area contributed by atoms with Gasteiger partial charge >= 0.3 is 0 Å². The van der Waals surface area contributed by atoms with Crippen molar-refractivity contribution in [2.45, 2.75) is 37.5 Å². The number of aromatic nitrogens is 2. The molecule has 2 aromatic rings. The van der Waals surface area contributed by atoms with Crippen LogP contribution in [0.4, 0.5) is 5.95 Å². The standard InChI is InChI=1S/C14H18ClN3S/c1-2-19-12-8-4-7-11(12)18-13-9(15)5-3-6-10(13)17-14(18)16/h3,5-6,11-12H,2,4,7-8H2,1H3,(H2,16,17). The minimum Gasteiger partial charge on any atom is -0.369 e. The summed E-state index contributed by atoms with van der Waals surface area (Å²) in [7, 11) is 0. The number of nitrogens with zero attached hydrogens (tertiary/aromatic N) is 2. The van der Waals surface area contributed by atoms with E-state index in [-0.39, 0.29) is 0 Å². The molecule has 2 atom stereocenters. The smallest absolute Gasteiger partial charge is 0.201 e. The zero-order valence-electron chi connectivity index (χ0n) is 11.0. The Labute approximate surface area is 122 Å². The highest BCUT2D eigenvalue weighted by Crippen LogP contribution is 2.42. The van der Waals surface area contributed by atoms with Crippen molar-refractivity contribution in [3.63, 3.8) is 0 Å². The number of rotatable bonds is 3. The van der Waals surface area contributed by atoms with Gasteiger partial charge in [-0.25, -0.2) is 4.98 Å². The lowest BCUT2D eigenvalue weighted by atomic mass is 10.2. The molecule has 1 aliphatic rings. The summed E-state index contributed by atoms with van der Waals surface area (Å²) in [6, 6.07) is 6.24. The minimum absolute atomic E-state index is 0.426. The van der Waals surface area contributed by atoms with Gasteiger partial charge in [0.25, 0.3) is 0 Å². The van der Waals surface area contributed by atoms with Crippen molar-refractivity contribution in [2.75, 3.05) is 11.5 Å². The highest BCUT2D eigenvalue weighted by atomic mass is 35.5. The van der Waals surface area contributed by atoms with Crippen molar-refractivity contribution in [2.24, 2.45) is 0 Å². The first-order chi connectivity index (χ1) is 9.22. The molecule has 1 fully saturated rings. The number of benzene rings is 1. The molecule has 1 aliphatic carbocycles. The molecule has 3 rings (SSSR count). The Bertz CT molecular complexity index is 596. The molecule has 1 aromatic heterocycles. The number of hydrogen-bond donors (Lipinski definition) is 1. The van der Waals surface area contributed by atoms with Gasteiger partial charge in [0, 0.05) is 11.3 Å². The number of fused-ring (bicyclic) bond motifs is 1. The van der Waals surface area contributed by atoms with Gasteiger partial charge in [0.2, 0.25) is 5.95 Å². The molecule has 1 heterocycles. The molecule has 1 saturated carbocycles. The average Bonchev–Trinajstić information content (AvgIpc) is 2.94. The van der Waals surface area contributed by atoms with Gasteiger partial charge in [-0.15, -0.1) is 0 Å². The Morgan fingerprint density at radius 1 is 1.47 bits per heavy atom. The first-order valence-corrected chi connectivity index (χ1v) is 8.18. The van der Waals surface area contributed by atoms with Gasteiger partial charge < -0.3 is 10.3 Å². The Balaban J connectivity index is 2.11. The van der Waals surface area contributed by atoms with Crippen LogP contribution in [0.25, 0.3) is 11.0 Å². The zero-order valence-corrected chi connectivity index (χ0v) is 12.5. The second-order valence-electron chi connectivity index (χ2n) is 4.94. The Hall–Kier alpha value is -0.870. The van der Waals surface area contributed by atoms with E-state index in [1.165, 1.54) is 19.3 Å². The fourth-order valence-electron chi connectivity index (χ4n) is 3.07. The lowest BCUT2D eigenvalue weighted by Gasteiger charge is -2.22. The lowest BCUT2D eigenvalue weighted by Crippen LogP contribution is -2.18. The summed E-state index contributed by atoms with van der Waals surface area (Å²) in [5.74, 6) is 1.73. The molecule has 0 radical (unpaired) electrons. The topological polar surface area (TPSA) is 43.8 Å². The van der Waals surface area contributed by atoms with Gasteiger partial charge in [-0.05, 0) is 30.7 Å². The maximum absolute atomic E-state index is 6.36. The van der Waals surface area contributed by atoms with Gasteiger partial charge in [0.15, 0.2) is 0 Å². The number of thioether (sulfide) groups is 1. The third kappa shape index (κ3) is 2.21. The molecule has 2 N–H and O–H groups in total. The van der Waals surface area contributed by atoms with Crippen LogP contribution >= 0.6 is 23.4 Å². The van der Waals surface area contributed by atoms with Crippen LogP contribution in [0.3, 0.4) is 0 Å². The molecule has 2 unspecified atom stereocenters. The van der Waals surface area contributed by atoms with Crippen molar-refractivity contribution >= 4 is 40.3 Å². The highest BCUT2D eigenvalue weighted by molar-refractivity contribution is 7.99. The van der Waals surface area contributed by atoms with Gasteiger partial charge in [-0.1, -0.05) is 31.0 Å². The molecule has 0 amide bonds. The predicted octanol–water partition coefficient (Wildman–Crippen LogP) is 4.12. The van der Waals surface area contributed by atoms with Gasteiger partial charge in [-0.3, -0.25) is 0 Å². The molecule has 1 aromatic carbocycles. The number of imidazole rings is 1. The second kappa shape index (κ2) is 5.25. The molecule has 0 saturated heterocycles. The summed E-state index contributed by atoms with van der Waals surface area (Å²) in [5.41, 5.74) is 8.04. The van der Waals surface area contributed by atoms with Gasteiger partial charge in [0.05, 0.1) is 16.1 Å². The zero-order chi connectivity index (χ0) is 13.4. The Kier molecular flexibility index (Phi) is 3.63. The fraction of sp³-hybridized carbons (Fsp3) is 0.500. The third-order valence-electron chi connectivity index (χ3n) is 3.82. The van der Waals surface area contributed by atoms with E-state index in [9.17, 15) is 0 Å². The van der Waals surface area contributed by atoms with Crippen LogP contribution in [-0.4, -0.2) is 20.6 Å². The van der Waals surface area contributed by atoms with Gasteiger partial charge in [0.1, 0.15) is 0 Å². The Morgan fingerprint density at radius 3 is 3.11 bits per heavy atom. The van der Waals surface area contributed by atoms with Crippen molar-refractivity contribution in [3.8, 4) is 0 Å². The van der Waals surface area contributed by atoms with E-state index in [4.69, 9.17) is 17.3 Å². The summed E-state index contributed by atoms with van der Waals surface area (Å²) >= 11 is 8.38. The van der Waals surface area contributed by atoms with Crippen LogP contribution < -0.4 is 5.73 Å². The number of halogens is 1. The minimum atomic E-state index is 0.426. The fourth-order valence-corrected chi connectivity index (χ4v) is 4.57. The summed E-state index contributed by atoms with van der Waals surface area (Å²) in [5, 5.41) is 1.37. The second-order valence-corrected chi connectivity index (χ2v) is 6.86. The van der Waals surface area contributed by atoms with Crippen molar-refractivity contribution in [3.05, 3.63) is 23.2 Å². The normalized spacial score (nSPS) is 23.3. The van der Waals surface area contributed by atoms with E-state index in [1.807, 2.05) is 30.0 Å². The Morgan fingerprint density at radius 2 is 2.32 bits per heavy atom. The first kappa shape index (κ1) is 13.1. The number of nitrogens with two attached hydrogens (primary N) is 1. The number of nitrogen functional groups attached to an aromatic ring is 1. The SMILES string of the molecule is CCSC1CCCC1n1c(N)nc2cccc(Cl)c21. The van der Waals surface area contributed by atoms with E-state index in [2.05, 4.69) is 16.5 Å². The van der Waals surface area contributed by atoms with E-state index < -0.39 is 0 Å². The van der Waals surface area contributed by atoms with Crippen LogP contribution in [-0.2, 0) is 0 Å². The molecule has 3 nitrogen and oxygen atoms in total. The van der Waals surface area contributed by atoms with Crippen molar-refractivity contribution in [1.29, 1.82) is 0 Å². The van der Waals surface area contributed by atoms with Crippen LogP contribution in [0.5, 0.6) is 0 Å². The molecule has 0 aliphatic heterocycles. The maximum atomic E-state index is 6.36. The summed E-state index contributed by atoms with van der Waals surface area (Å²) < 4.78 is 2.16. The summed E-state index contributed by atoms with van der Waals surface area (Å²) in [6.07, 6.45) is 3.68. The molecule has 102 valence electrons. The van der Waals surface area contributed by atoms with Crippen LogP contribution in [0.1, 0.15) is 32.2 Å². The van der Waals surface area contributed by atoms with Crippen molar-refractivity contribution < 1.29 is 0 Å². The largest absolute Gasteiger partial charge is 0.369 e. The molecule has 0 bridgehead atoms. The molecule has 19 heavy (non-hydrogen) atoms. The van der Waals surface area contributed by atoms with Crippen molar-refractivity contribution in [1.82, 2.24) is 9.55 Å². The van der Waals surface area contributed by atoms with Crippen LogP contribution in [0, 0.1) is 0 Å². The van der Waals surface area contributed by atoms with E-state index in [0.717, 1.165) is 21.8 Å². The first-order valence-electron chi connectivity index (χ1n) is 6.76.